The van der Waals surface area contributed by atoms with E-state index >= 15 is 0 Å². The summed E-state index contributed by atoms with van der Waals surface area (Å²) in [6, 6.07) is 9.32. The molecule has 4 heteroatoms. The summed E-state index contributed by atoms with van der Waals surface area (Å²) in [7, 11) is 3.90. The van der Waals surface area contributed by atoms with Crippen molar-refractivity contribution in [1.82, 2.24) is 10.2 Å². The van der Waals surface area contributed by atoms with Crippen LogP contribution < -0.4 is 5.32 Å². The number of halogens is 1. The number of benzene rings is 1. The van der Waals surface area contributed by atoms with Gasteiger partial charge in [-0.2, -0.15) is 0 Å². The molecule has 0 radical (unpaired) electrons. The molecule has 108 valence electrons. The van der Waals surface area contributed by atoms with Crippen LogP contribution in [0.15, 0.2) is 28.7 Å². The largest absolute Gasteiger partial charge is 0.383 e. The highest BCUT2D eigenvalue weighted by atomic mass is 79.9. The minimum atomic E-state index is 0.381. The van der Waals surface area contributed by atoms with Crippen molar-refractivity contribution >= 4 is 15.9 Å². The Morgan fingerprint density at radius 1 is 1.37 bits per heavy atom. The number of nitrogens with one attached hydrogen (secondary N) is 1. The summed E-state index contributed by atoms with van der Waals surface area (Å²) in [4.78, 5) is 2.33. The molecule has 0 spiro atoms. The van der Waals surface area contributed by atoms with E-state index < -0.39 is 0 Å². The van der Waals surface area contributed by atoms with E-state index in [1.165, 1.54) is 5.56 Å². The van der Waals surface area contributed by atoms with Gasteiger partial charge in [0, 0.05) is 36.8 Å². The van der Waals surface area contributed by atoms with Crippen LogP contribution in [0.25, 0.3) is 0 Å². The molecular weight excluding hydrogens is 304 g/mol. The van der Waals surface area contributed by atoms with Gasteiger partial charge in [-0.15, -0.1) is 0 Å². The molecule has 0 saturated carbocycles. The van der Waals surface area contributed by atoms with E-state index in [9.17, 15) is 0 Å². The normalized spacial score (nSPS) is 13.2. The van der Waals surface area contributed by atoms with Gasteiger partial charge in [-0.3, -0.25) is 4.90 Å². The molecule has 1 unspecified atom stereocenters. The highest BCUT2D eigenvalue weighted by molar-refractivity contribution is 9.10. The fourth-order valence-electron chi connectivity index (χ4n) is 1.96. The highest BCUT2D eigenvalue weighted by Gasteiger charge is 2.15. The zero-order valence-corrected chi connectivity index (χ0v) is 13.9. The maximum atomic E-state index is 5.33. The molecule has 0 aromatic heterocycles. The number of hydrogen-bond donors (Lipinski definition) is 1. The number of likely N-dealkylation sites (N-methyl/N-ethyl adjacent to an activating group) is 1. The molecule has 1 N–H and O–H groups in total. The number of methoxy groups -OCH3 is 1. The first-order valence-electron chi connectivity index (χ1n) is 6.70. The van der Waals surface area contributed by atoms with E-state index in [2.05, 4.69) is 71.3 Å². The maximum absolute atomic E-state index is 5.33. The minimum Gasteiger partial charge on any atom is -0.383 e. The van der Waals surface area contributed by atoms with Crippen LogP contribution >= 0.6 is 15.9 Å². The number of nitrogens with zero attached hydrogens (tertiary/aromatic N) is 1. The summed E-state index contributed by atoms with van der Waals surface area (Å²) in [6.07, 6.45) is 0. The van der Waals surface area contributed by atoms with E-state index in [1.807, 2.05) is 0 Å². The highest BCUT2D eigenvalue weighted by Crippen LogP contribution is 2.14. The van der Waals surface area contributed by atoms with Crippen LogP contribution in [0.5, 0.6) is 0 Å². The Morgan fingerprint density at radius 2 is 2.11 bits per heavy atom. The topological polar surface area (TPSA) is 24.5 Å². The van der Waals surface area contributed by atoms with Crippen LogP contribution in [0.1, 0.15) is 19.4 Å². The molecule has 0 saturated heterocycles. The average Bonchev–Trinajstić information content (AvgIpc) is 2.34. The summed E-state index contributed by atoms with van der Waals surface area (Å²) >= 11 is 3.51. The lowest BCUT2D eigenvalue weighted by atomic mass is 10.2. The molecule has 0 amide bonds. The molecule has 19 heavy (non-hydrogen) atoms. The standard InChI is InChI=1S/C15H25BrN2O/c1-12(2)17-9-15(11-19-4)18(3)10-13-6-5-7-14(16)8-13/h5-8,12,15,17H,9-11H2,1-4H3. The summed E-state index contributed by atoms with van der Waals surface area (Å²) in [5, 5.41) is 3.48. The number of rotatable bonds is 8. The molecule has 1 aromatic carbocycles. The fourth-order valence-corrected chi connectivity index (χ4v) is 2.41. The van der Waals surface area contributed by atoms with Crippen LogP contribution in [-0.2, 0) is 11.3 Å². The Labute approximate surface area is 125 Å². The lowest BCUT2D eigenvalue weighted by Gasteiger charge is -2.28. The van der Waals surface area contributed by atoms with Crippen molar-refractivity contribution in [2.45, 2.75) is 32.5 Å². The molecule has 0 aliphatic rings. The predicted octanol–water partition coefficient (Wildman–Crippen LogP) is 2.89. The van der Waals surface area contributed by atoms with E-state index in [0.29, 0.717) is 12.1 Å². The Hall–Kier alpha value is -0.420. The van der Waals surface area contributed by atoms with Gasteiger partial charge < -0.3 is 10.1 Å². The smallest absolute Gasteiger partial charge is 0.0630 e. The van der Waals surface area contributed by atoms with Crippen molar-refractivity contribution in [3.63, 3.8) is 0 Å². The lowest BCUT2D eigenvalue weighted by Crippen LogP contribution is -2.44. The van der Waals surface area contributed by atoms with Gasteiger partial charge >= 0.3 is 0 Å². The maximum Gasteiger partial charge on any atom is 0.0630 e. The van der Waals surface area contributed by atoms with E-state index in [4.69, 9.17) is 4.74 Å². The summed E-state index contributed by atoms with van der Waals surface area (Å²) in [5.74, 6) is 0. The Balaban J connectivity index is 2.57. The van der Waals surface area contributed by atoms with Crippen molar-refractivity contribution in [2.24, 2.45) is 0 Å². The SMILES string of the molecule is COCC(CNC(C)C)N(C)Cc1cccc(Br)c1. The fraction of sp³-hybridized carbons (Fsp3) is 0.600. The minimum absolute atomic E-state index is 0.381. The molecule has 0 bridgehead atoms. The third kappa shape index (κ3) is 6.52. The average molecular weight is 329 g/mol. The van der Waals surface area contributed by atoms with E-state index in [-0.39, 0.29) is 0 Å². The number of ether oxygens (including phenoxy) is 1. The Bertz CT molecular complexity index is 371. The van der Waals surface area contributed by atoms with Gasteiger partial charge in [0.25, 0.3) is 0 Å². The molecule has 0 fully saturated rings. The van der Waals surface area contributed by atoms with Gasteiger partial charge in [0.15, 0.2) is 0 Å². The van der Waals surface area contributed by atoms with Crippen molar-refractivity contribution in [2.75, 3.05) is 27.3 Å². The van der Waals surface area contributed by atoms with Gasteiger partial charge in [-0.1, -0.05) is 41.9 Å². The monoisotopic (exact) mass is 328 g/mol. The zero-order chi connectivity index (χ0) is 14.3. The molecule has 1 atom stereocenters. The van der Waals surface area contributed by atoms with Crippen LogP contribution in [0, 0.1) is 0 Å². The van der Waals surface area contributed by atoms with Crippen LogP contribution in [0.2, 0.25) is 0 Å². The van der Waals surface area contributed by atoms with E-state index in [0.717, 1.165) is 24.2 Å². The van der Waals surface area contributed by atoms with Gasteiger partial charge in [0.2, 0.25) is 0 Å². The summed E-state index contributed by atoms with van der Waals surface area (Å²) in [6.45, 7) is 6.93. The van der Waals surface area contributed by atoms with Gasteiger partial charge in [-0.05, 0) is 24.7 Å². The zero-order valence-electron chi connectivity index (χ0n) is 12.3. The van der Waals surface area contributed by atoms with Gasteiger partial charge in [0.05, 0.1) is 6.61 Å². The molecule has 1 rings (SSSR count). The van der Waals surface area contributed by atoms with Crippen LogP contribution in [0.3, 0.4) is 0 Å². The predicted molar refractivity (Wildman–Crippen MR) is 84.4 cm³/mol. The van der Waals surface area contributed by atoms with Crippen molar-refractivity contribution in [1.29, 1.82) is 0 Å². The second-order valence-electron chi connectivity index (χ2n) is 5.22. The molecule has 0 aliphatic carbocycles. The van der Waals surface area contributed by atoms with Gasteiger partial charge in [0.1, 0.15) is 0 Å². The first-order valence-corrected chi connectivity index (χ1v) is 7.49. The molecule has 3 nitrogen and oxygen atoms in total. The molecule has 1 aromatic rings. The first-order chi connectivity index (χ1) is 9.02. The quantitative estimate of drug-likeness (QED) is 0.794. The Morgan fingerprint density at radius 3 is 2.68 bits per heavy atom. The number of hydrogen-bond acceptors (Lipinski definition) is 3. The third-order valence-electron chi connectivity index (χ3n) is 3.07. The summed E-state index contributed by atoms with van der Waals surface area (Å²) < 4.78 is 6.45. The molecular formula is C15H25BrN2O. The van der Waals surface area contributed by atoms with Crippen LogP contribution in [0.4, 0.5) is 0 Å². The second kappa shape index (κ2) is 8.69. The first kappa shape index (κ1) is 16.6. The van der Waals surface area contributed by atoms with Crippen molar-refractivity contribution < 1.29 is 4.74 Å². The molecule has 0 heterocycles. The van der Waals surface area contributed by atoms with Crippen LogP contribution in [-0.4, -0.2) is 44.3 Å². The second-order valence-corrected chi connectivity index (χ2v) is 6.13. The third-order valence-corrected chi connectivity index (χ3v) is 3.56. The van der Waals surface area contributed by atoms with E-state index in [1.54, 1.807) is 7.11 Å². The van der Waals surface area contributed by atoms with Gasteiger partial charge in [-0.25, -0.2) is 0 Å². The van der Waals surface area contributed by atoms with Crippen molar-refractivity contribution in [3.05, 3.63) is 34.3 Å². The summed E-state index contributed by atoms with van der Waals surface area (Å²) in [5.41, 5.74) is 1.31. The molecule has 0 aliphatic heterocycles. The van der Waals surface area contributed by atoms with Crippen molar-refractivity contribution in [3.8, 4) is 0 Å². The Kier molecular flexibility index (Phi) is 7.61. The lowest BCUT2D eigenvalue weighted by molar-refractivity contribution is 0.100.